The van der Waals surface area contributed by atoms with E-state index in [2.05, 4.69) is 20.2 Å². The van der Waals surface area contributed by atoms with E-state index < -0.39 is 0 Å². The number of likely N-dealkylation sites (tertiary alicyclic amines) is 1. The van der Waals surface area contributed by atoms with Gasteiger partial charge in [0, 0.05) is 26.3 Å². The molecule has 0 aliphatic carbocycles. The molecule has 2 aromatic heterocycles. The normalized spacial score (nSPS) is 17.2. The largest absolute Gasteiger partial charge is 0.367 e. The van der Waals surface area contributed by atoms with E-state index in [-0.39, 0.29) is 0 Å². The minimum atomic E-state index is 0.901. The Labute approximate surface area is 120 Å². The molecule has 0 saturated carbocycles. The number of nitrogens with one attached hydrogen (secondary N) is 1. The fraction of sp³-hybridized carbons (Fsp3) is 0.600. The fourth-order valence-electron chi connectivity index (χ4n) is 2.88. The Morgan fingerprint density at radius 2 is 1.95 bits per heavy atom. The Morgan fingerprint density at radius 1 is 1.15 bits per heavy atom. The maximum atomic E-state index is 4.42. The van der Waals surface area contributed by atoms with E-state index in [4.69, 9.17) is 0 Å². The zero-order valence-electron chi connectivity index (χ0n) is 12.2. The summed E-state index contributed by atoms with van der Waals surface area (Å²) in [6.45, 7) is 4.50. The SMILES string of the molecule is Cn1cnc2c(NCCN3CCCCCC3)nccc21. The summed E-state index contributed by atoms with van der Waals surface area (Å²) in [4.78, 5) is 11.4. The highest BCUT2D eigenvalue weighted by Gasteiger charge is 2.10. The average molecular weight is 273 g/mol. The van der Waals surface area contributed by atoms with Crippen LogP contribution in [-0.4, -0.2) is 45.6 Å². The molecule has 3 heterocycles. The highest BCUT2D eigenvalue weighted by atomic mass is 15.1. The van der Waals surface area contributed by atoms with E-state index in [0.717, 1.165) is 29.9 Å². The number of aromatic nitrogens is 3. The number of hydrogen-bond donors (Lipinski definition) is 1. The van der Waals surface area contributed by atoms with Gasteiger partial charge in [0.1, 0.15) is 5.52 Å². The highest BCUT2D eigenvalue weighted by Crippen LogP contribution is 2.18. The van der Waals surface area contributed by atoms with Crippen LogP contribution in [0.3, 0.4) is 0 Å². The van der Waals surface area contributed by atoms with Crippen LogP contribution in [0.5, 0.6) is 0 Å². The fourth-order valence-corrected chi connectivity index (χ4v) is 2.88. The predicted octanol–water partition coefficient (Wildman–Crippen LogP) is 2.26. The van der Waals surface area contributed by atoms with Crippen LogP contribution in [0.15, 0.2) is 18.6 Å². The first kappa shape index (κ1) is 13.4. The van der Waals surface area contributed by atoms with Gasteiger partial charge in [-0.2, -0.15) is 0 Å². The van der Waals surface area contributed by atoms with Crippen LogP contribution in [0.2, 0.25) is 0 Å². The van der Waals surface area contributed by atoms with Crippen LogP contribution >= 0.6 is 0 Å². The molecular formula is C15H23N5. The average Bonchev–Trinajstić information content (AvgIpc) is 2.69. The van der Waals surface area contributed by atoms with Crippen molar-refractivity contribution in [1.82, 2.24) is 19.4 Å². The van der Waals surface area contributed by atoms with Crippen molar-refractivity contribution < 1.29 is 0 Å². The molecule has 20 heavy (non-hydrogen) atoms. The predicted molar refractivity (Wildman–Crippen MR) is 81.9 cm³/mol. The van der Waals surface area contributed by atoms with Gasteiger partial charge in [-0.1, -0.05) is 12.8 Å². The lowest BCUT2D eigenvalue weighted by Crippen LogP contribution is -2.30. The molecule has 5 heteroatoms. The van der Waals surface area contributed by atoms with E-state index >= 15 is 0 Å². The third kappa shape index (κ3) is 2.93. The van der Waals surface area contributed by atoms with E-state index in [9.17, 15) is 0 Å². The smallest absolute Gasteiger partial charge is 0.154 e. The number of nitrogens with zero attached hydrogens (tertiary/aromatic N) is 4. The second-order valence-electron chi connectivity index (χ2n) is 5.57. The second kappa shape index (κ2) is 6.22. The van der Waals surface area contributed by atoms with Crippen molar-refractivity contribution in [3.63, 3.8) is 0 Å². The third-order valence-corrected chi connectivity index (χ3v) is 4.06. The Balaban J connectivity index is 1.59. The van der Waals surface area contributed by atoms with E-state index in [0.29, 0.717) is 0 Å². The molecule has 108 valence electrons. The van der Waals surface area contributed by atoms with Crippen LogP contribution in [0, 0.1) is 0 Å². The van der Waals surface area contributed by atoms with Crippen molar-refractivity contribution in [3.8, 4) is 0 Å². The van der Waals surface area contributed by atoms with Crippen LogP contribution < -0.4 is 5.32 Å². The van der Waals surface area contributed by atoms with Gasteiger partial charge in [-0.05, 0) is 32.0 Å². The third-order valence-electron chi connectivity index (χ3n) is 4.06. The molecular weight excluding hydrogens is 250 g/mol. The molecule has 0 bridgehead atoms. The summed E-state index contributed by atoms with van der Waals surface area (Å²) in [6.07, 6.45) is 9.14. The molecule has 0 unspecified atom stereocenters. The van der Waals surface area contributed by atoms with Gasteiger partial charge in [0.05, 0.1) is 11.8 Å². The molecule has 1 saturated heterocycles. The van der Waals surface area contributed by atoms with Gasteiger partial charge in [-0.3, -0.25) is 0 Å². The lowest BCUT2D eigenvalue weighted by atomic mass is 10.2. The quantitative estimate of drug-likeness (QED) is 0.928. The second-order valence-corrected chi connectivity index (χ2v) is 5.57. The molecule has 1 fully saturated rings. The summed E-state index contributed by atoms with van der Waals surface area (Å²) in [5, 5.41) is 3.44. The number of aryl methyl sites for hydroxylation is 1. The summed E-state index contributed by atoms with van der Waals surface area (Å²) in [5.74, 6) is 0.901. The van der Waals surface area contributed by atoms with Gasteiger partial charge in [-0.15, -0.1) is 0 Å². The molecule has 0 radical (unpaired) electrons. The van der Waals surface area contributed by atoms with Crippen molar-refractivity contribution >= 4 is 16.9 Å². The first-order valence-corrected chi connectivity index (χ1v) is 7.57. The topological polar surface area (TPSA) is 46.0 Å². The van der Waals surface area contributed by atoms with E-state index in [1.807, 2.05) is 30.2 Å². The highest BCUT2D eigenvalue weighted by molar-refractivity contribution is 5.85. The number of pyridine rings is 1. The summed E-state index contributed by atoms with van der Waals surface area (Å²) in [7, 11) is 2.01. The monoisotopic (exact) mass is 273 g/mol. The number of hydrogen-bond acceptors (Lipinski definition) is 4. The molecule has 1 aliphatic rings. The van der Waals surface area contributed by atoms with Gasteiger partial charge in [-0.25, -0.2) is 9.97 Å². The molecule has 1 aliphatic heterocycles. The molecule has 3 rings (SSSR count). The van der Waals surface area contributed by atoms with Crippen LogP contribution in [-0.2, 0) is 7.05 Å². The summed E-state index contributed by atoms with van der Waals surface area (Å²) in [6, 6.07) is 2.00. The Bertz CT molecular complexity index is 554. The Morgan fingerprint density at radius 3 is 2.75 bits per heavy atom. The Kier molecular flexibility index (Phi) is 4.16. The minimum Gasteiger partial charge on any atom is -0.367 e. The molecule has 0 atom stereocenters. The van der Waals surface area contributed by atoms with Gasteiger partial charge in [0.25, 0.3) is 0 Å². The maximum absolute atomic E-state index is 4.42. The van der Waals surface area contributed by atoms with Gasteiger partial charge >= 0.3 is 0 Å². The molecule has 0 aromatic carbocycles. The standard InChI is InChI=1S/C15H23N5/c1-19-12-18-14-13(19)6-7-16-15(14)17-8-11-20-9-4-2-3-5-10-20/h6-7,12H,2-5,8-11H2,1H3,(H,16,17). The lowest BCUT2D eigenvalue weighted by Gasteiger charge is -2.19. The van der Waals surface area contributed by atoms with Crippen LogP contribution in [0.25, 0.3) is 11.0 Å². The van der Waals surface area contributed by atoms with E-state index in [1.54, 1.807) is 0 Å². The lowest BCUT2D eigenvalue weighted by molar-refractivity contribution is 0.296. The van der Waals surface area contributed by atoms with Crippen LogP contribution in [0.1, 0.15) is 25.7 Å². The minimum absolute atomic E-state index is 0.901. The number of anilines is 1. The van der Waals surface area contributed by atoms with Gasteiger partial charge in [0.15, 0.2) is 5.82 Å². The maximum Gasteiger partial charge on any atom is 0.154 e. The number of fused-ring (bicyclic) bond motifs is 1. The molecule has 5 nitrogen and oxygen atoms in total. The molecule has 1 N–H and O–H groups in total. The number of imidazole rings is 1. The van der Waals surface area contributed by atoms with Crippen molar-refractivity contribution in [3.05, 3.63) is 18.6 Å². The van der Waals surface area contributed by atoms with Gasteiger partial charge in [0.2, 0.25) is 0 Å². The zero-order valence-corrected chi connectivity index (χ0v) is 12.2. The van der Waals surface area contributed by atoms with Crippen molar-refractivity contribution in [1.29, 1.82) is 0 Å². The first-order valence-electron chi connectivity index (χ1n) is 7.57. The number of rotatable bonds is 4. The summed E-state index contributed by atoms with van der Waals surface area (Å²) >= 11 is 0. The molecule has 2 aromatic rings. The Hall–Kier alpha value is -1.62. The summed E-state index contributed by atoms with van der Waals surface area (Å²) in [5.41, 5.74) is 2.09. The van der Waals surface area contributed by atoms with Crippen LogP contribution in [0.4, 0.5) is 5.82 Å². The summed E-state index contributed by atoms with van der Waals surface area (Å²) < 4.78 is 2.02. The first-order chi connectivity index (χ1) is 9.84. The molecule has 0 amide bonds. The van der Waals surface area contributed by atoms with Crippen molar-refractivity contribution in [2.75, 3.05) is 31.5 Å². The molecule has 0 spiro atoms. The van der Waals surface area contributed by atoms with Crippen molar-refractivity contribution in [2.45, 2.75) is 25.7 Å². The van der Waals surface area contributed by atoms with Crippen molar-refractivity contribution in [2.24, 2.45) is 7.05 Å². The van der Waals surface area contributed by atoms with Gasteiger partial charge < -0.3 is 14.8 Å². The zero-order chi connectivity index (χ0) is 13.8. The van der Waals surface area contributed by atoms with E-state index in [1.165, 1.54) is 38.8 Å².